The Hall–Kier alpha value is 0.140. The maximum absolute atomic E-state index is 3.59. The standard InChI is InChI=1S/C12H18BrNS/c1-2-5-12(6-7-12)9-14-8-10-3-4-11(13)15-10/h3-4,14H,2,5-9H2,1H3. The Balaban J connectivity index is 1.71. The van der Waals surface area contributed by atoms with Crippen LogP contribution in [-0.2, 0) is 6.54 Å². The number of halogens is 1. The third-order valence-corrected chi connectivity index (χ3v) is 4.79. The summed E-state index contributed by atoms with van der Waals surface area (Å²) in [5.74, 6) is 0. The van der Waals surface area contributed by atoms with E-state index in [1.54, 1.807) is 0 Å². The molecule has 0 saturated heterocycles. The lowest BCUT2D eigenvalue weighted by atomic mass is 10.0. The van der Waals surface area contributed by atoms with Crippen molar-refractivity contribution in [3.05, 3.63) is 20.8 Å². The molecule has 0 unspecified atom stereocenters. The molecule has 1 fully saturated rings. The van der Waals surface area contributed by atoms with Crippen molar-refractivity contribution < 1.29 is 0 Å². The van der Waals surface area contributed by atoms with Gasteiger partial charge in [0.2, 0.25) is 0 Å². The normalized spacial score (nSPS) is 18.0. The van der Waals surface area contributed by atoms with Crippen molar-refractivity contribution in [3.63, 3.8) is 0 Å². The van der Waals surface area contributed by atoms with Crippen LogP contribution in [-0.4, -0.2) is 6.54 Å². The molecule has 0 radical (unpaired) electrons. The number of rotatable bonds is 6. The molecule has 0 aliphatic heterocycles. The molecule has 1 nitrogen and oxygen atoms in total. The van der Waals surface area contributed by atoms with Crippen LogP contribution in [0.1, 0.15) is 37.5 Å². The van der Waals surface area contributed by atoms with Crippen LogP contribution in [0.15, 0.2) is 15.9 Å². The minimum absolute atomic E-state index is 0.670. The van der Waals surface area contributed by atoms with Crippen LogP contribution in [0.5, 0.6) is 0 Å². The Morgan fingerprint density at radius 3 is 2.80 bits per heavy atom. The first kappa shape index (κ1) is 11.6. The lowest BCUT2D eigenvalue weighted by molar-refractivity contribution is 0.421. The molecule has 1 saturated carbocycles. The van der Waals surface area contributed by atoms with Gasteiger partial charge in [-0.1, -0.05) is 13.3 Å². The molecule has 1 aromatic rings. The lowest BCUT2D eigenvalue weighted by Gasteiger charge is -2.14. The van der Waals surface area contributed by atoms with Crippen molar-refractivity contribution in [1.82, 2.24) is 5.32 Å². The zero-order valence-corrected chi connectivity index (χ0v) is 11.6. The highest BCUT2D eigenvalue weighted by molar-refractivity contribution is 9.11. The van der Waals surface area contributed by atoms with Crippen LogP contribution in [0.25, 0.3) is 0 Å². The molecular formula is C12H18BrNS. The predicted octanol–water partition coefficient (Wildman–Crippen LogP) is 4.18. The van der Waals surface area contributed by atoms with E-state index >= 15 is 0 Å². The molecule has 1 N–H and O–H groups in total. The SMILES string of the molecule is CCCC1(CNCc2ccc(Br)s2)CC1. The third kappa shape index (κ3) is 3.30. The molecule has 0 amide bonds. The van der Waals surface area contributed by atoms with Gasteiger partial charge in [0, 0.05) is 18.0 Å². The first-order valence-corrected chi connectivity index (χ1v) is 7.30. The fourth-order valence-electron chi connectivity index (χ4n) is 2.12. The Morgan fingerprint density at radius 2 is 2.27 bits per heavy atom. The third-order valence-electron chi connectivity index (χ3n) is 3.17. The summed E-state index contributed by atoms with van der Waals surface area (Å²) in [6, 6.07) is 4.32. The average Bonchev–Trinajstić information content (AvgIpc) is 2.83. The maximum atomic E-state index is 3.59. The average molecular weight is 288 g/mol. The first-order chi connectivity index (χ1) is 7.24. The van der Waals surface area contributed by atoms with E-state index in [2.05, 4.69) is 40.3 Å². The summed E-state index contributed by atoms with van der Waals surface area (Å²) in [5.41, 5.74) is 0.670. The van der Waals surface area contributed by atoms with Gasteiger partial charge in [0.25, 0.3) is 0 Å². The second-order valence-electron chi connectivity index (χ2n) is 4.56. The molecular weight excluding hydrogens is 270 g/mol. The van der Waals surface area contributed by atoms with Crippen molar-refractivity contribution in [1.29, 1.82) is 0 Å². The monoisotopic (exact) mass is 287 g/mol. The number of thiophene rings is 1. The Labute approximate surface area is 104 Å². The molecule has 0 aromatic carbocycles. The van der Waals surface area contributed by atoms with Crippen LogP contribution in [0.3, 0.4) is 0 Å². The van der Waals surface area contributed by atoms with Gasteiger partial charge in [-0.2, -0.15) is 0 Å². The number of hydrogen-bond acceptors (Lipinski definition) is 2. The van der Waals surface area contributed by atoms with Crippen molar-refractivity contribution >= 4 is 27.3 Å². The molecule has 15 heavy (non-hydrogen) atoms. The quantitative estimate of drug-likeness (QED) is 0.828. The molecule has 3 heteroatoms. The van der Waals surface area contributed by atoms with Gasteiger partial charge in [0.15, 0.2) is 0 Å². The van der Waals surface area contributed by atoms with E-state index in [0.717, 1.165) is 6.54 Å². The number of nitrogens with one attached hydrogen (secondary N) is 1. The van der Waals surface area contributed by atoms with E-state index in [4.69, 9.17) is 0 Å². The smallest absolute Gasteiger partial charge is 0.0701 e. The van der Waals surface area contributed by atoms with Crippen LogP contribution in [0.2, 0.25) is 0 Å². The van der Waals surface area contributed by atoms with E-state index in [9.17, 15) is 0 Å². The fourth-order valence-corrected chi connectivity index (χ4v) is 3.57. The van der Waals surface area contributed by atoms with Gasteiger partial charge in [-0.05, 0) is 52.7 Å². The van der Waals surface area contributed by atoms with E-state index in [0.29, 0.717) is 5.41 Å². The second-order valence-corrected chi connectivity index (χ2v) is 7.11. The van der Waals surface area contributed by atoms with E-state index in [-0.39, 0.29) is 0 Å². The fraction of sp³-hybridized carbons (Fsp3) is 0.667. The summed E-state index contributed by atoms with van der Waals surface area (Å²) in [4.78, 5) is 1.43. The van der Waals surface area contributed by atoms with E-state index in [1.807, 2.05) is 11.3 Å². The molecule has 1 aromatic heterocycles. The summed E-state index contributed by atoms with van der Waals surface area (Å²) in [6.07, 6.45) is 5.59. The molecule has 1 heterocycles. The topological polar surface area (TPSA) is 12.0 Å². The molecule has 0 bridgehead atoms. The van der Waals surface area contributed by atoms with Gasteiger partial charge < -0.3 is 5.32 Å². The largest absolute Gasteiger partial charge is 0.311 e. The summed E-state index contributed by atoms with van der Waals surface area (Å²) in [6.45, 7) is 4.52. The molecule has 0 atom stereocenters. The van der Waals surface area contributed by atoms with E-state index < -0.39 is 0 Å². The van der Waals surface area contributed by atoms with Gasteiger partial charge >= 0.3 is 0 Å². The van der Waals surface area contributed by atoms with Crippen molar-refractivity contribution in [2.24, 2.45) is 5.41 Å². The van der Waals surface area contributed by atoms with Crippen molar-refractivity contribution in [2.75, 3.05) is 6.54 Å². The molecule has 2 rings (SSSR count). The van der Waals surface area contributed by atoms with Crippen LogP contribution in [0.4, 0.5) is 0 Å². The highest BCUT2D eigenvalue weighted by Crippen LogP contribution is 2.48. The molecule has 1 aliphatic carbocycles. The van der Waals surface area contributed by atoms with Crippen molar-refractivity contribution in [3.8, 4) is 0 Å². The van der Waals surface area contributed by atoms with Crippen LogP contribution in [0, 0.1) is 5.41 Å². The zero-order valence-electron chi connectivity index (χ0n) is 9.18. The van der Waals surface area contributed by atoms with Gasteiger partial charge in [-0.3, -0.25) is 0 Å². The Kier molecular flexibility index (Phi) is 3.86. The van der Waals surface area contributed by atoms with Crippen LogP contribution < -0.4 is 5.32 Å². The summed E-state index contributed by atoms with van der Waals surface area (Å²) < 4.78 is 1.23. The molecule has 0 spiro atoms. The first-order valence-electron chi connectivity index (χ1n) is 5.69. The zero-order chi connectivity index (χ0) is 10.7. The second kappa shape index (κ2) is 4.98. The molecule has 84 valence electrons. The summed E-state index contributed by atoms with van der Waals surface area (Å²) >= 11 is 5.32. The van der Waals surface area contributed by atoms with Crippen LogP contribution >= 0.6 is 27.3 Å². The van der Waals surface area contributed by atoms with Gasteiger partial charge in [-0.15, -0.1) is 11.3 Å². The van der Waals surface area contributed by atoms with Gasteiger partial charge in [-0.25, -0.2) is 0 Å². The minimum Gasteiger partial charge on any atom is -0.311 e. The lowest BCUT2D eigenvalue weighted by Crippen LogP contribution is -2.23. The summed E-state index contributed by atoms with van der Waals surface area (Å²) in [5, 5.41) is 3.59. The minimum atomic E-state index is 0.670. The predicted molar refractivity (Wildman–Crippen MR) is 70.3 cm³/mol. The summed E-state index contributed by atoms with van der Waals surface area (Å²) in [7, 11) is 0. The highest BCUT2D eigenvalue weighted by Gasteiger charge is 2.40. The Bertz CT molecular complexity index is 317. The maximum Gasteiger partial charge on any atom is 0.0701 e. The van der Waals surface area contributed by atoms with E-state index in [1.165, 1.54) is 40.9 Å². The highest BCUT2D eigenvalue weighted by atomic mass is 79.9. The Morgan fingerprint density at radius 1 is 1.47 bits per heavy atom. The number of hydrogen-bond donors (Lipinski definition) is 1. The van der Waals surface area contributed by atoms with Gasteiger partial charge in [0.1, 0.15) is 0 Å². The van der Waals surface area contributed by atoms with Crippen molar-refractivity contribution in [2.45, 2.75) is 39.2 Å². The van der Waals surface area contributed by atoms with Gasteiger partial charge in [0.05, 0.1) is 3.79 Å². The molecule has 1 aliphatic rings.